The number of hydrogen-bond donors (Lipinski definition) is 1. The Labute approximate surface area is 108 Å². The van der Waals surface area contributed by atoms with Crippen LogP contribution in [0.15, 0.2) is 18.2 Å². The molecule has 1 unspecified atom stereocenters. The van der Waals surface area contributed by atoms with Crippen molar-refractivity contribution in [3.63, 3.8) is 0 Å². The standard InChI is InChI=1S/C15H21NO2/c1-10-9-16(4)13-6-5-11(7-12(10)13)8-15(2,3)14(17)18/h5-7,10H,8-9H2,1-4H3,(H,17,18). The summed E-state index contributed by atoms with van der Waals surface area (Å²) in [6.07, 6.45) is 0.575. The van der Waals surface area contributed by atoms with E-state index < -0.39 is 11.4 Å². The van der Waals surface area contributed by atoms with Gasteiger partial charge < -0.3 is 10.0 Å². The smallest absolute Gasteiger partial charge is 0.309 e. The lowest BCUT2D eigenvalue weighted by atomic mass is 9.85. The lowest BCUT2D eigenvalue weighted by Crippen LogP contribution is -2.26. The molecule has 0 saturated heterocycles. The molecule has 1 heterocycles. The predicted molar refractivity (Wildman–Crippen MR) is 73.2 cm³/mol. The predicted octanol–water partition coefficient (Wildman–Crippen LogP) is 2.89. The molecule has 1 aromatic carbocycles. The van der Waals surface area contributed by atoms with Crippen LogP contribution < -0.4 is 4.90 Å². The van der Waals surface area contributed by atoms with Crippen molar-refractivity contribution in [3.05, 3.63) is 29.3 Å². The van der Waals surface area contributed by atoms with E-state index in [1.54, 1.807) is 13.8 Å². The molecule has 3 heteroatoms. The molecule has 1 N–H and O–H groups in total. The Bertz CT molecular complexity index is 479. The van der Waals surface area contributed by atoms with Gasteiger partial charge in [-0.15, -0.1) is 0 Å². The Morgan fingerprint density at radius 2 is 2.17 bits per heavy atom. The zero-order chi connectivity index (χ0) is 13.5. The van der Waals surface area contributed by atoms with E-state index in [0.717, 1.165) is 12.1 Å². The van der Waals surface area contributed by atoms with Gasteiger partial charge in [0, 0.05) is 25.2 Å². The molecule has 0 aliphatic carbocycles. The topological polar surface area (TPSA) is 40.5 Å². The molecule has 0 radical (unpaired) electrons. The fourth-order valence-corrected chi connectivity index (χ4v) is 2.65. The normalized spacial score (nSPS) is 18.9. The Hall–Kier alpha value is -1.51. The Balaban J connectivity index is 2.28. The summed E-state index contributed by atoms with van der Waals surface area (Å²) in [6.45, 7) is 6.81. The summed E-state index contributed by atoms with van der Waals surface area (Å²) in [4.78, 5) is 13.4. The molecule has 0 fully saturated rings. The second-order valence-corrected chi connectivity index (χ2v) is 6.04. The highest BCUT2D eigenvalue weighted by atomic mass is 16.4. The van der Waals surface area contributed by atoms with Crippen molar-refractivity contribution < 1.29 is 9.90 Å². The number of aliphatic carboxylic acids is 1. The minimum atomic E-state index is -0.742. The maximum atomic E-state index is 11.2. The van der Waals surface area contributed by atoms with E-state index in [0.29, 0.717) is 12.3 Å². The van der Waals surface area contributed by atoms with Gasteiger partial charge >= 0.3 is 5.97 Å². The monoisotopic (exact) mass is 247 g/mol. The molecule has 0 bridgehead atoms. The summed E-state index contributed by atoms with van der Waals surface area (Å²) in [5.74, 6) is -0.217. The summed E-state index contributed by atoms with van der Waals surface area (Å²) in [5, 5.41) is 9.18. The number of likely N-dealkylation sites (N-methyl/N-ethyl adjacent to an activating group) is 1. The third-order valence-corrected chi connectivity index (χ3v) is 3.81. The molecule has 0 spiro atoms. The third-order valence-electron chi connectivity index (χ3n) is 3.81. The quantitative estimate of drug-likeness (QED) is 0.892. The number of anilines is 1. The molecule has 18 heavy (non-hydrogen) atoms. The maximum Gasteiger partial charge on any atom is 0.309 e. The molecular formula is C15H21NO2. The summed E-state index contributed by atoms with van der Waals surface area (Å²) >= 11 is 0. The van der Waals surface area contributed by atoms with Crippen LogP contribution >= 0.6 is 0 Å². The summed E-state index contributed by atoms with van der Waals surface area (Å²) in [7, 11) is 2.10. The van der Waals surface area contributed by atoms with Gasteiger partial charge in [-0.1, -0.05) is 19.1 Å². The van der Waals surface area contributed by atoms with Crippen molar-refractivity contribution in [1.29, 1.82) is 0 Å². The van der Waals surface area contributed by atoms with Crippen LogP contribution in [-0.4, -0.2) is 24.7 Å². The van der Waals surface area contributed by atoms with Crippen molar-refractivity contribution >= 4 is 11.7 Å². The number of carboxylic acids is 1. The molecule has 3 nitrogen and oxygen atoms in total. The highest BCUT2D eigenvalue weighted by Crippen LogP contribution is 2.36. The molecule has 1 atom stereocenters. The minimum Gasteiger partial charge on any atom is -0.481 e. The largest absolute Gasteiger partial charge is 0.481 e. The maximum absolute atomic E-state index is 11.2. The summed E-state index contributed by atoms with van der Waals surface area (Å²) in [6, 6.07) is 6.35. The van der Waals surface area contributed by atoms with Crippen molar-refractivity contribution in [1.82, 2.24) is 0 Å². The molecule has 2 rings (SSSR count). The first-order chi connectivity index (χ1) is 8.31. The number of rotatable bonds is 3. The van der Waals surface area contributed by atoms with Crippen molar-refractivity contribution in [2.75, 3.05) is 18.5 Å². The zero-order valence-corrected chi connectivity index (χ0v) is 11.5. The third kappa shape index (κ3) is 2.22. The van der Waals surface area contributed by atoms with Gasteiger partial charge in [0.05, 0.1) is 5.41 Å². The highest BCUT2D eigenvalue weighted by molar-refractivity contribution is 5.74. The van der Waals surface area contributed by atoms with Gasteiger partial charge in [0.2, 0.25) is 0 Å². The molecule has 0 amide bonds. The number of carboxylic acid groups (broad SMARTS) is 1. The van der Waals surface area contributed by atoms with Gasteiger partial charge in [-0.2, -0.15) is 0 Å². The van der Waals surface area contributed by atoms with E-state index in [1.165, 1.54) is 11.3 Å². The molecule has 0 saturated carbocycles. The van der Waals surface area contributed by atoms with Gasteiger partial charge in [-0.25, -0.2) is 0 Å². The van der Waals surface area contributed by atoms with Crippen LogP contribution in [-0.2, 0) is 11.2 Å². The highest BCUT2D eigenvalue weighted by Gasteiger charge is 2.29. The lowest BCUT2D eigenvalue weighted by Gasteiger charge is -2.20. The van der Waals surface area contributed by atoms with Gasteiger partial charge in [-0.3, -0.25) is 4.79 Å². The van der Waals surface area contributed by atoms with Crippen LogP contribution in [0, 0.1) is 5.41 Å². The van der Waals surface area contributed by atoms with Crippen LogP contribution in [0.3, 0.4) is 0 Å². The number of nitrogens with zero attached hydrogens (tertiary/aromatic N) is 1. The van der Waals surface area contributed by atoms with E-state index >= 15 is 0 Å². The second-order valence-electron chi connectivity index (χ2n) is 6.04. The van der Waals surface area contributed by atoms with Crippen LogP contribution in [0.25, 0.3) is 0 Å². The molecule has 1 aliphatic heterocycles. The molecule has 0 aromatic heterocycles. The SMILES string of the molecule is CC1CN(C)c2ccc(CC(C)(C)C(=O)O)cc21. The molecule has 1 aromatic rings. The average molecular weight is 247 g/mol. The minimum absolute atomic E-state index is 0.526. The fourth-order valence-electron chi connectivity index (χ4n) is 2.65. The summed E-state index contributed by atoms with van der Waals surface area (Å²) in [5.41, 5.74) is 3.03. The number of hydrogen-bond acceptors (Lipinski definition) is 2. The van der Waals surface area contributed by atoms with E-state index in [2.05, 4.69) is 37.1 Å². The van der Waals surface area contributed by atoms with E-state index in [1.807, 2.05) is 0 Å². The molecular weight excluding hydrogens is 226 g/mol. The van der Waals surface area contributed by atoms with E-state index in [9.17, 15) is 9.90 Å². The first kappa shape index (κ1) is 12.9. The van der Waals surface area contributed by atoms with Gasteiger partial charge in [0.1, 0.15) is 0 Å². The van der Waals surface area contributed by atoms with Crippen molar-refractivity contribution in [3.8, 4) is 0 Å². The Kier molecular flexibility index (Phi) is 3.09. The zero-order valence-electron chi connectivity index (χ0n) is 11.5. The summed E-state index contributed by atoms with van der Waals surface area (Å²) < 4.78 is 0. The first-order valence-electron chi connectivity index (χ1n) is 6.38. The first-order valence-corrected chi connectivity index (χ1v) is 6.38. The molecule has 98 valence electrons. The van der Waals surface area contributed by atoms with Crippen LogP contribution in [0.5, 0.6) is 0 Å². The Morgan fingerprint density at radius 3 is 2.78 bits per heavy atom. The lowest BCUT2D eigenvalue weighted by molar-refractivity contribution is -0.146. The number of carbonyl (C=O) groups is 1. The number of fused-ring (bicyclic) bond motifs is 1. The van der Waals surface area contributed by atoms with Gasteiger partial charge in [0.25, 0.3) is 0 Å². The average Bonchev–Trinajstić information content (AvgIpc) is 2.54. The fraction of sp³-hybridized carbons (Fsp3) is 0.533. The second kappa shape index (κ2) is 4.30. The van der Waals surface area contributed by atoms with Crippen molar-refractivity contribution in [2.24, 2.45) is 5.41 Å². The van der Waals surface area contributed by atoms with Gasteiger partial charge in [0.15, 0.2) is 0 Å². The van der Waals surface area contributed by atoms with E-state index in [-0.39, 0.29) is 0 Å². The molecule has 1 aliphatic rings. The van der Waals surface area contributed by atoms with Crippen LogP contribution in [0.1, 0.15) is 37.8 Å². The van der Waals surface area contributed by atoms with Gasteiger partial charge in [-0.05, 0) is 37.5 Å². The van der Waals surface area contributed by atoms with Crippen molar-refractivity contribution in [2.45, 2.75) is 33.1 Å². The van der Waals surface area contributed by atoms with E-state index in [4.69, 9.17) is 0 Å². The Morgan fingerprint density at radius 1 is 1.50 bits per heavy atom. The number of benzene rings is 1. The van der Waals surface area contributed by atoms with Crippen LogP contribution in [0.4, 0.5) is 5.69 Å². The van der Waals surface area contributed by atoms with Crippen LogP contribution in [0.2, 0.25) is 0 Å².